The van der Waals surface area contributed by atoms with Gasteiger partial charge >= 0.3 is 12.4 Å². The fourth-order valence-corrected chi connectivity index (χ4v) is 1.76. The van der Waals surface area contributed by atoms with Gasteiger partial charge in [-0.15, -0.1) is 0 Å². The Labute approximate surface area is 160 Å². The molecule has 0 radical (unpaired) electrons. The third-order valence-corrected chi connectivity index (χ3v) is 3.12. The summed E-state index contributed by atoms with van der Waals surface area (Å²) in [4.78, 5) is 14.4. The smallest absolute Gasteiger partial charge is 0.343 e. The predicted octanol–water partition coefficient (Wildman–Crippen LogP) is 4.31. The number of hydrogen-bond acceptors (Lipinski definition) is 6. The first-order chi connectivity index (χ1) is 13.9. The Kier molecular flexibility index (Phi) is 4.47. The molecular weight excluding hydrogens is 402 g/mol. The van der Waals surface area contributed by atoms with E-state index in [9.17, 15) is 26.3 Å². The highest BCUT2D eigenvalue weighted by Gasteiger charge is 2.38. The lowest BCUT2D eigenvalue weighted by Gasteiger charge is -2.20. The average molecular weight is 419 g/mol. The molecule has 148 valence electrons. The molecule has 2 aromatic rings. The summed E-state index contributed by atoms with van der Waals surface area (Å²) in [7, 11) is 0. The van der Waals surface area contributed by atoms with Gasteiger partial charge in [0.1, 0.15) is 22.9 Å². The summed E-state index contributed by atoms with van der Waals surface area (Å²) >= 11 is 5.73. The minimum absolute atomic E-state index is 0.0850. The van der Waals surface area contributed by atoms with E-state index in [0.29, 0.717) is 6.92 Å². The molecule has 0 fully saturated rings. The molecule has 0 bridgehead atoms. The van der Waals surface area contributed by atoms with Crippen molar-refractivity contribution in [1.82, 2.24) is 19.9 Å². The number of pyridine rings is 1. The number of rotatable bonds is 5. The summed E-state index contributed by atoms with van der Waals surface area (Å²) in [6, 6.07) is -2.52. The molecule has 0 spiro atoms. The van der Waals surface area contributed by atoms with E-state index in [4.69, 9.17) is 17.1 Å². The Morgan fingerprint density at radius 2 is 1.63 bits per heavy atom. The number of aromatic nitrogens is 4. The van der Waals surface area contributed by atoms with Crippen LogP contribution in [0.15, 0.2) is 18.2 Å². The van der Waals surface area contributed by atoms with Gasteiger partial charge in [-0.2, -0.15) is 41.3 Å². The maximum Gasteiger partial charge on any atom is 0.408 e. The van der Waals surface area contributed by atoms with Gasteiger partial charge in [-0.1, -0.05) is 17.7 Å². The van der Waals surface area contributed by atoms with Gasteiger partial charge in [0.2, 0.25) is 11.9 Å². The van der Waals surface area contributed by atoms with Crippen LogP contribution in [0.3, 0.4) is 0 Å². The third kappa shape index (κ3) is 5.81. The molecule has 0 saturated carbocycles. The fraction of sp³-hybridized carbons (Fsp3) is 0.429. The zero-order chi connectivity index (χ0) is 23.8. The van der Waals surface area contributed by atoms with Gasteiger partial charge in [0, 0.05) is 4.11 Å². The minimum atomic E-state index is -5.28. The maximum atomic E-state index is 13.2. The van der Waals surface area contributed by atoms with Crippen LogP contribution in [0.4, 0.5) is 38.2 Å². The summed E-state index contributed by atoms with van der Waals surface area (Å²) in [6.07, 6.45) is -10.4. The van der Waals surface area contributed by atoms with Crippen molar-refractivity contribution in [3.05, 3.63) is 23.4 Å². The van der Waals surface area contributed by atoms with Crippen molar-refractivity contribution < 1.29 is 31.8 Å². The van der Waals surface area contributed by atoms with E-state index in [1.54, 1.807) is 10.6 Å². The Morgan fingerprint density at radius 3 is 2.15 bits per heavy atom. The van der Waals surface area contributed by atoms with Gasteiger partial charge in [0.25, 0.3) is 0 Å². The Bertz CT molecular complexity index is 923. The highest BCUT2D eigenvalue weighted by molar-refractivity contribution is 6.29. The van der Waals surface area contributed by atoms with E-state index >= 15 is 0 Å². The summed E-state index contributed by atoms with van der Waals surface area (Å²) in [5, 5.41) is 3.10. The maximum absolute atomic E-state index is 13.2. The molecule has 0 amide bonds. The van der Waals surface area contributed by atoms with Crippen LogP contribution in [0.2, 0.25) is 5.15 Å². The van der Waals surface area contributed by atoms with Crippen molar-refractivity contribution >= 4 is 23.5 Å². The van der Waals surface area contributed by atoms with Crippen LogP contribution in [-0.4, -0.2) is 44.3 Å². The molecule has 2 rings (SSSR count). The van der Waals surface area contributed by atoms with E-state index in [1.165, 1.54) is 18.2 Å². The number of hydrogen-bond donors (Lipinski definition) is 2. The van der Waals surface area contributed by atoms with Crippen molar-refractivity contribution in [2.45, 2.75) is 38.2 Å². The number of nitrogens with zero attached hydrogens (tertiary/aromatic N) is 4. The molecule has 0 aromatic carbocycles. The highest BCUT2D eigenvalue weighted by atomic mass is 35.5. The lowest BCUT2D eigenvalue weighted by Crippen LogP contribution is -2.35. The fourth-order valence-electron chi connectivity index (χ4n) is 1.59. The molecule has 2 atom stereocenters. The molecule has 27 heavy (non-hydrogen) atoms. The molecule has 2 aromatic heterocycles. The second-order valence-electron chi connectivity index (χ2n) is 5.02. The van der Waals surface area contributed by atoms with E-state index in [-0.39, 0.29) is 10.8 Å². The van der Waals surface area contributed by atoms with Gasteiger partial charge in [-0.05, 0) is 25.9 Å². The minimum Gasteiger partial charge on any atom is -0.343 e. The van der Waals surface area contributed by atoms with Crippen LogP contribution in [0.25, 0.3) is 11.5 Å². The first-order valence-corrected chi connectivity index (χ1v) is 7.35. The SMILES string of the molecule is [2H]C([2H])([2H])[C@@H](Nc1nc(N[C@]([2H])(C)C(F)(F)F)nc(-c2cccc(Cl)n2)n1)C(F)(F)F. The zero-order valence-corrected chi connectivity index (χ0v) is 14.0. The van der Waals surface area contributed by atoms with Gasteiger partial charge in [0.05, 0.1) is 1.37 Å². The van der Waals surface area contributed by atoms with Gasteiger partial charge in [0.15, 0.2) is 5.82 Å². The Balaban J connectivity index is 2.58. The molecule has 0 aliphatic rings. The standard InChI is InChI=1S/C14H13ClF6N6/c1-6(13(16,17)18)22-11-25-10(8-4-3-5-9(15)24-8)26-12(27-11)23-7(2)14(19,20)21/h3-7H,1-2H3,(H2,22,23,25,26,27)/t6-,7-/m1/s1/i1D3,7D. The van der Waals surface area contributed by atoms with Crippen LogP contribution in [0, 0.1) is 0 Å². The molecule has 0 aliphatic carbocycles. The topological polar surface area (TPSA) is 75.6 Å². The third-order valence-electron chi connectivity index (χ3n) is 2.90. The number of anilines is 2. The van der Waals surface area contributed by atoms with Gasteiger partial charge < -0.3 is 10.6 Å². The Hall–Kier alpha value is -2.37. The summed E-state index contributed by atoms with van der Waals surface area (Å²) in [5.41, 5.74) is -0.155. The van der Waals surface area contributed by atoms with Crippen LogP contribution < -0.4 is 10.6 Å². The molecule has 0 unspecified atom stereocenters. The molecule has 0 aliphatic heterocycles. The van der Waals surface area contributed by atoms with Crippen LogP contribution >= 0.6 is 11.6 Å². The largest absolute Gasteiger partial charge is 0.408 e. The van der Waals surface area contributed by atoms with Gasteiger partial charge in [-0.3, -0.25) is 0 Å². The van der Waals surface area contributed by atoms with Crippen molar-refractivity contribution in [2.24, 2.45) is 0 Å². The second kappa shape index (κ2) is 7.71. The molecule has 2 N–H and O–H groups in total. The summed E-state index contributed by atoms with van der Waals surface area (Å²) in [5.74, 6) is -2.48. The van der Waals surface area contributed by atoms with E-state index in [1.807, 2.05) is 0 Å². The summed E-state index contributed by atoms with van der Waals surface area (Å²) in [6.45, 7) is -3.18. The molecule has 13 heteroatoms. The average Bonchev–Trinajstić information content (AvgIpc) is 2.56. The Morgan fingerprint density at radius 1 is 1.00 bits per heavy atom. The van der Waals surface area contributed by atoms with Crippen molar-refractivity contribution in [2.75, 3.05) is 10.6 Å². The first kappa shape index (κ1) is 15.7. The van der Waals surface area contributed by atoms with E-state index in [2.05, 4.69) is 19.9 Å². The van der Waals surface area contributed by atoms with Crippen molar-refractivity contribution in [1.29, 1.82) is 0 Å². The van der Waals surface area contributed by atoms with E-state index < -0.39 is 49.0 Å². The first-order valence-electron chi connectivity index (χ1n) is 8.97. The van der Waals surface area contributed by atoms with Crippen LogP contribution in [0.1, 0.15) is 19.3 Å². The molecule has 6 nitrogen and oxygen atoms in total. The highest BCUT2D eigenvalue weighted by Crippen LogP contribution is 2.26. The lowest BCUT2D eigenvalue weighted by atomic mass is 10.3. The number of nitrogens with one attached hydrogen (secondary N) is 2. The number of alkyl halides is 6. The lowest BCUT2D eigenvalue weighted by molar-refractivity contribution is -0.139. The number of halogens is 7. The summed E-state index contributed by atoms with van der Waals surface area (Å²) < 4.78 is 107. The second-order valence-corrected chi connectivity index (χ2v) is 5.41. The van der Waals surface area contributed by atoms with E-state index in [0.717, 1.165) is 0 Å². The molecule has 0 saturated heterocycles. The van der Waals surface area contributed by atoms with Gasteiger partial charge in [-0.25, -0.2) is 4.98 Å². The normalized spacial score (nSPS) is 18.4. The quantitative estimate of drug-likeness (QED) is 0.556. The van der Waals surface area contributed by atoms with Crippen molar-refractivity contribution in [3.63, 3.8) is 0 Å². The predicted molar refractivity (Wildman–Crippen MR) is 86.3 cm³/mol. The zero-order valence-electron chi connectivity index (χ0n) is 17.2. The molecule has 2 heterocycles. The van der Waals surface area contributed by atoms with Crippen LogP contribution in [0.5, 0.6) is 0 Å². The molecular formula is C14H13ClF6N6. The van der Waals surface area contributed by atoms with Crippen molar-refractivity contribution in [3.8, 4) is 11.5 Å². The monoisotopic (exact) mass is 418 g/mol. The van der Waals surface area contributed by atoms with Crippen LogP contribution in [-0.2, 0) is 0 Å².